The first kappa shape index (κ1) is 12.8. The van der Waals surface area contributed by atoms with Crippen LogP contribution in [0.4, 0.5) is 0 Å². The molecule has 0 unspecified atom stereocenters. The number of Topliss-reactive ketones (excluding diaryl/α,β-unsaturated/α-hetero) is 1. The lowest BCUT2D eigenvalue weighted by Gasteiger charge is -1.97. The van der Waals surface area contributed by atoms with Crippen molar-refractivity contribution in [1.82, 2.24) is 0 Å². The molecule has 0 N–H and O–H groups in total. The van der Waals surface area contributed by atoms with Crippen molar-refractivity contribution < 1.29 is 14.3 Å². The molecule has 2 aromatic rings. The molecule has 0 aliphatic rings. The number of fused-ring (bicyclic) bond motifs is 1. The average Bonchev–Trinajstić information content (AvgIpc) is 2.77. The van der Waals surface area contributed by atoms with Gasteiger partial charge in [0.25, 0.3) is 0 Å². The van der Waals surface area contributed by atoms with Gasteiger partial charge >= 0.3 is 5.97 Å². The van der Waals surface area contributed by atoms with Crippen LogP contribution in [0.2, 0.25) is 9.36 Å². The fraction of sp³-hybridized carbons (Fsp3) is 0.200. The SMILES string of the molecule is COC(=O)CC(=O)c1sc2cc(Cl)sc2c1Cl. The number of methoxy groups -OCH3 is 1. The van der Waals surface area contributed by atoms with Gasteiger partial charge in [0.15, 0.2) is 5.78 Å². The van der Waals surface area contributed by atoms with Gasteiger partial charge in [-0.1, -0.05) is 23.2 Å². The van der Waals surface area contributed by atoms with Gasteiger partial charge in [-0.05, 0) is 6.07 Å². The van der Waals surface area contributed by atoms with Gasteiger partial charge in [-0.3, -0.25) is 9.59 Å². The van der Waals surface area contributed by atoms with Crippen LogP contribution in [0.5, 0.6) is 0 Å². The van der Waals surface area contributed by atoms with Crippen LogP contribution in [0.3, 0.4) is 0 Å². The first-order chi connectivity index (χ1) is 8.02. The van der Waals surface area contributed by atoms with Crippen molar-refractivity contribution >= 4 is 67.0 Å². The Hall–Kier alpha value is -0.620. The molecule has 0 aromatic carbocycles. The van der Waals surface area contributed by atoms with Crippen LogP contribution in [0, 0.1) is 0 Å². The number of hydrogen-bond acceptors (Lipinski definition) is 5. The summed E-state index contributed by atoms with van der Waals surface area (Å²) in [5.41, 5.74) is 0. The zero-order valence-electron chi connectivity index (χ0n) is 8.58. The number of halogens is 2. The van der Waals surface area contributed by atoms with Crippen molar-refractivity contribution in [3.05, 3.63) is 20.3 Å². The summed E-state index contributed by atoms with van der Waals surface area (Å²) in [5, 5.41) is 0.371. The Balaban J connectivity index is 2.35. The summed E-state index contributed by atoms with van der Waals surface area (Å²) in [6.07, 6.45) is -0.294. The largest absolute Gasteiger partial charge is 0.469 e. The topological polar surface area (TPSA) is 43.4 Å². The van der Waals surface area contributed by atoms with E-state index in [1.165, 1.54) is 29.8 Å². The predicted molar refractivity (Wildman–Crippen MR) is 70.7 cm³/mol. The van der Waals surface area contributed by atoms with Crippen molar-refractivity contribution in [3.8, 4) is 0 Å². The van der Waals surface area contributed by atoms with Crippen LogP contribution in [0.1, 0.15) is 16.1 Å². The van der Waals surface area contributed by atoms with Crippen LogP contribution in [-0.2, 0) is 9.53 Å². The maximum Gasteiger partial charge on any atom is 0.313 e. The number of ether oxygens (including phenoxy) is 1. The second-order valence-electron chi connectivity index (χ2n) is 3.17. The fourth-order valence-corrected chi connectivity index (χ4v) is 4.28. The molecule has 0 saturated heterocycles. The third-order valence-electron chi connectivity index (χ3n) is 2.06. The highest BCUT2D eigenvalue weighted by molar-refractivity contribution is 7.31. The Morgan fingerprint density at radius 2 is 2.06 bits per heavy atom. The van der Waals surface area contributed by atoms with E-state index in [0.29, 0.717) is 14.2 Å². The molecule has 0 spiro atoms. The second kappa shape index (κ2) is 4.94. The quantitative estimate of drug-likeness (QED) is 0.489. The second-order valence-corrected chi connectivity index (χ2v) is 6.28. The number of rotatable bonds is 3. The number of thiophene rings is 2. The van der Waals surface area contributed by atoms with Crippen LogP contribution < -0.4 is 0 Å². The lowest BCUT2D eigenvalue weighted by atomic mass is 10.2. The Morgan fingerprint density at radius 1 is 1.35 bits per heavy atom. The number of hydrogen-bond donors (Lipinski definition) is 0. The minimum atomic E-state index is -0.569. The lowest BCUT2D eigenvalue weighted by Crippen LogP contribution is -2.08. The monoisotopic (exact) mass is 308 g/mol. The van der Waals surface area contributed by atoms with Gasteiger partial charge in [-0.25, -0.2) is 0 Å². The van der Waals surface area contributed by atoms with E-state index in [1.807, 2.05) is 0 Å². The van der Waals surface area contributed by atoms with Gasteiger partial charge in [0.2, 0.25) is 0 Å². The molecule has 0 atom stereocenters. The molecule has 0 radical (unpaired) electrons. The maximum atomic E-state index is 11.8. The first-order valence-corrected chi connectivity index (χ1v) is 6.89. The molecular formula is C10H6Cl2O3S2. The van der Waals surface area contributed by atoms with Gasteiger partial charge < -0.3 is 4.74 Å². The van der Waals surface area contributed by atoms with Crippen LogP contribution >= 0.6 is 45.9 Å². The number of carbonyl (C=O) groups excluding carboxylic acids is 2. The highest BCUT2D eigenvalue weighted by atomic mass is 35.5. The minimum Gasteiger partial charge on any atom is -0.469 e. The standard InChI is InChI=1S/C10H6Cl2O3S2/c1-15-7(14)2-4(13)9-8(12)10-5(16-9)3-6(11)17-10/h3H,2H2,1H3. The van der Waals surface area contributed by atoms with Gasteiger partial charge in [0, 0.05) is 4.70 Å². The molecular weight excluding hydrogens is 303 g/mol. The average molecular weight is 309 g/mol. The van der Waals surface area contributed by atoms with E-state index in [1.54, 1.807) is 6.07 Å². The smallest absolute Gasteiger partial charge is 0.313 e. The summed E-state index contributed by atoms with van der Waals surface area (Å²) in [6.45, 7) is 0. The van der Waals surface area contributed by atoms with Crippen molar-refractivity contribution in [2.24, 2.45) is 0 Å². The molecule has 0 bridgehead atoms. The van der Waals surface area contributed by atoms with Gasteiger partial charge in [0.05, 0.1) is 26.0 Å². The van der Waals surface area contributed by atoms with E-state index in [2.05, 4.69) is 4.74 Å². The van der Waals surface area contributed by atoms with Crippen molar-refractivity contribution in [1.29, 1.82) is 0 Å². The van der Waals surface area contributed by atoms with Gasteiger partial charge in [-0.15, -0.1) is 22.7 Å². The van der Waals surface area contributed by atoms with Crippen LogP contribution in [0.25, 0.3) is 9.40 Å². The molecule has 90 valence electrons. The minimum absolute atomic E-state index is 0.294. The van der Waals surface area contributed by atoms with E-state index in [4.69, 9.17) is 23.2 Å². The summed E-state index contributed by atoms with van der Waals surface area (Å²) in [4.78, 5) is 23.2. The van der Waals surface area contributed by atoms with E-state index in [0.717, 1.165) is 9.40 Å². The number of esters is 1. The van der Waals surface area contributed by atoms with E-state index in [-0.39, 0.29) is 12.2 Å². The van der Waals surface area contributed by atoms with E-state index in [9.17, 15) is 9.59 Å². The molecule has 0 aliphatic carbocycles. The maximum absolute atomic E-state index is 11.8. The molecule has 2 aromatic heterocycles. The molecule has 0 saturated carbocycles. The molecule has 17 heavy (non-hydrogen) atoms. The highest BCUT2D eigenvalue weighted by Crippen LogP contribution is 2.42. The molecule has 7 heteroatoms. The molecule has 2 heterocycles. The van der Waals surface area contributed by atoms with E-state index >= 15 is 0 Å². The highest BCUT2D eigenvalue weighted by Gasteiger charge is 2.21. The summed E-state index contributed by atoms with van der Waals surface area (Å²) < 4.78 is 6.71. The normalized spacial score (nSPS) is 10.8. The molecule has 0 amide bonds. The van der Waals surface area contributed by atoms with Gasteiger partial charge in [0.1, 0.15) is 6.42 Å². The van der Waals surface area contributed by atoms with Crippen molar-refractivity contribution in [2.45, 2.75) is 6.42 Å². The zero-order chi connectivity index (χ0) is 12.6. The summed E-state index contributed by atoms with van der Waals surface area (Å²) in [7, 11) is 1.24. The molecule has 0 fully saturated rings. The van der Waals surface area contributed by atoms with Crippen LogP contribution in [0.15, 0.2) is 6.07 Å². The Bertz CT molecular complexity index is 600. The number of carbonyl (C=O) groups is 2. The molecule has 0 aliphatic heterocycles. The van der Waals surface area contributed by atoms with Crippen molar-refractivity contribution in [3.63, 3.8) is 0 Å². The van der Waals surface area contributed by atoms with Crippen LogP contribution in [-0.4, -0.2) is 18.9 Å². The summed E-state index contributed by atoms with van der Waals surface area (Å²) >= 11 is 14.5. The Labute approximate surface area is 115 Å². The van der Waals surface area contributed by atoms with Crippen molar-refractivity contribution in [2.75, 3.05) is 7.11 Å². The van der Waals surface area contributed by atoms with Gasteiger partial charge in [-0.2, -0.15) is 0 Å². The summed E-state index contributed by atoms with van der Waals surface area (Å²) in [5.74, 6) is -0.896. The molecule has 3 nitrogen and oxygen atoms in total. The third kappa shape index (κ3) is 2.47. The Morgan fingerprint density at radius 3 is 2.65 bits per heavy atom. The lowest BCUT2D eigenvalue weighted by molar-refractivity contribution is -0.139. The predicted octanol–water partition coefficient (Wildman–Crippen LogP) is 4.02. The zero-order valence-corrected chi connectivity index (χ0v) is 11.7. The Kier molecular flexibility index (Phi) is 3.73. The third-order valence-corrected chi connectivity index (χ3v) is 5.26. The molecule has 2 rings (SSSR count). The summed E-state index contributed by atoms with van der Waals surface area (Å²) in [6, 6.07) is 1.76. The first-order valence-electron chi connectivity index (χ1n) is 4.50. The van der Waals surface area contributed by atoms with E-state index < -0.39 is 5.97 Å². The fourth-order valence-electron chi connectivity index (χ4n) is 1.30. The number of ketones is 1.